The highest BCUT2D eigenvalue weighted by Gasteiger charge is 2.46. The van der Waals surface area contributed by atoms with Crippen molar-refractivity contribution in [3.8, 4) is 0 Å². The van der Waals surface area contributed by atoms with Crippen molar-refractivity contribution in [2.75, 3.05) is 0 Å². The SMILES string of the molecule is CC[C@@H](C(C)C)C(O)C(O)C(C)[C@H]1CCC(C)C1(C)C. The van der Waals surface area contributed by atoms with E-state index in [9.17, 15) is 10.2 Å². The molecule has 4 unspecified atom stereocenters. The molecule has 0 amide bonds. The van der Waals surface area contributed by atoms with Gasteiger partial charge >= 0.3 is 0 Å². The molecule has 1 aliphatic rings. The first-order valence-electron chi connectivity index (χ1n) is 8.50. The van der Waals surface area contributed by atoms with Crippen LogP contribution in [0.4, 0.5) is 0 Å². The summed E-state index contributed by atoms with van der Waals surface area (Å²) in [6, 6.07) is 0. The molecule has 2 nitrogen and oxygen atoms in total. The van der Waals surface area contributed by atoms with Crippen LogP contribution in [0.1, 0.15) is 67.7 Å². The molecular formula is C18H36O2. The molecule has 2 heteroatoms. The average Bonchev–Trinajstić information content (AvgIpc) is 2.62. The van der Waals surface area contributed by atoms with Crippen LogP contribution in [-0.4, -0.2) is 22.4 Å². The first-order valence-corrected chi connectivity index (χ1v) is 8.50. The first kappa shape index (κ1) is 18.0. The minimum atomic E-state index is -0.600. The van der Waals surface area contributed by atoms with Crippen LogP contribution >= 0.6 is 0 Å². The van der Waals surface area contributed by atoms with Crippen LogP contribution in [0, 0.1) is 35.0 Å². The zero-order chi connectivity index (χ0) is 15.7. The predicted octanol–water partition coefficient (Wildman–Crippen LogP) is 4.10. The fourth-order valence-electron chi connectivity index (χ4n) is 4.39. The van der Waals surface area contributed by atoms with Gasteiger partial charge in [0.15, 0.2) is 0 Å². The highest BCUT2D eigenvalue weighted by Crippen LogP contribution is 2.51. The molecule has 1 rings (SSSR count). The summed E-state index contributed by atoms with van der Waals surface area (Å²) in [7, 11) is 0. The van der Waals surface area contributed by atoms with Gasteiger partial charge in [-0.3, -0.25) is 0 Å². The topological polar surface area (TPSA) is 40.5 Å². The fraction of sp³-hybridized carbons (Fsp3) is 1.00. The third-order valence-electron chi connectivity index (χ3n) is 6.43. The molecule has 0 aromatic carbocycles. The fourth-order valence-corrected chi connectivity index (χ4v) is 4.39. The molecule has 1 aliphatic carbocycles. The molecule has 0 aliphatic heterocycles. The molecule has 0 aromatic heterocycles. The van der Waals surface area contributed by atoms with Crippen molar-refractivity contribution in [3.05, 3.63) is 0 Å². The van der Waals surface area contributed by atoms with E-state index in [1.54, 1.807) is 0 Å². The largest absolute Gasteiger partial charge is 0.390 e. The molecule has 2 N–H and O–H groups in total. The minimum absolute atomic E-state index is 0.165. The molecule has 0 aromatic rings. The Morgan fingerprint density at radius 3 is 1.95 bits per heavy atom. The van der Waals surface area contributed by atoms with Crippen molar-refractivity contribution >= 4 is 0 Å². The van der Waals surface area contributed by atoms with Gasteiger partial charge < -0.3 is 10.2 Å². The second-order valence-corrected chi connectivity index (χ2v) is 8.06. The van der Waals surface area contributed by atoms with Gasteiger partial charge in [0.25, 0.3) is 0 Å². The standard InChI is InChI=1S/C18H36O2/c1-8-14(11(2)3)17(20)16(19)13(5)15-10-9-12(4)18(15,6)7/h11-17,19-20H,8-10H2,1-7H3/t12?,13?,14-,15+,16?,17?/m0/s1. The predicted molar refractivity (Wildman–Crippen MR) is 85.5 cm³/mol. The maximum absolute atomic E-state index is 10.7. The van der Waals surface area contributed by atoms with Crippen LogP contribution in [-0.2, 0) is 0 Å². The van der Waals surface area contributed by atoms with Crippen LogP contribution in [0.15, 0.2) is 0 Å². The van der Waals surface area contributed by atoms with E-state index in [0.29, 0.717) is 17.8 Å². The number of aliphatic hydroxyl groups is 2. The third kappa shape index (κ3) is 3.39. The summed E-state index contributed by atoms with van der Waals surface area (Å²) in [5, 5.41) is 21.2. The Labute approximate surface area is 126 Å². The summed E-state index contributed by atoms with van der Waals surface area (Å²) in [4.78, 5) is 0. The van der Waals surface area contributed by atoms with Gasteiger partial charge in [-0.05, 0) is 47.8 Å². The minimum Gasteiger partial charge on any atom is -0.390 e. The molecule has 20 heavy (non-hydrogen) atoms. The van der Waals surface area contributed by atoms with Gasteiger partial charge in [0.2, 0.25) is 0 Å². The van der Waals surface area contributed by atoms with Gasteiger partial charge in [0.1, 0.15) is 0 Å². The Kier molecular flexibility index (Phi) is 6.10. The average molecular weight is 284 g/mol. The lowest BCUT2D eigenvalue weighted by atomic mass is 9.68. The van der Waals surface area contributed by atoms with Gasteiger partial charge in [-0.1, -0.05) is 54.9 Å². The number of rotatable bonds is 6. The van der Waals surface area contributed by atoms with Gasteiger partial charge in [-0.2, -0.15) is 0 Å². The lowest BCUT2D eigenvalue weighted by molar-refractivity contribution is -0.0777. The van der Waals surface area contributed by atoms with E-state index in [-0.39, 0.29) is 17.3 Å². The number of aliphatic hydroxyl groups excluding tert-OH is 2. The summed E-state index contributed by atoms with van der Waals surface area (Å²) >= 11 is 0. The van der Waals surface area contributed by atoms with E-state index in [2.05, 4.69) is 48.5 Å². The van der Waals surface area contributed by atoms with Crippen LogP contribution in [0.2, 0.25) is 0 Å². The number of hydrogen-bond donors (Lipinski definition) is 2. The molecule has 0 radical (unpaired) electrons. The van der Waals surface area contributed by atoms with E-state index >= 15 is 0 Å². The van der Waals surface area contributed by atoms with Gasteiger partial charge in [0, 0.05) is 0 Å². The highest BCUT2D eigenvalue weighted by atomic mass is 16.3. The Morgan fingerprint density at radius 1 is 1.05 bits per heavy atom. The van der Waals surface area contributed by atoms with Crippen molar-refractivity contribution in [2.24, 2.45) is 35.0 Å². The van der Waals surface area contributed by atoms with E-state index in [0.717, 1.165) is 6.42 Å². The summed E-state index contributed by atoms with van der Waals surface area (Å²) in [6.07, 6.45) is 2.15. The second-order valence-electron chi connectivity index (χ2n) is 8.06. The molecule has 0 heterocycles. The van der Waals surface area contributed by atoms with Gasteiger partial charge in [-0.25, -0.2) is 0 Å². The summed E-state index contributed by atoms with van der Waals surface area (Å²) in [6.45, 7) is 15.5. The van der Waals surface area contributed by atoms with E-state index in [1.807, 2.05) is 0 Å². The lowest BCUT2D eigenvalue weighted by Gasteiger charge is -2.40. The normalized spacial score (nSPS) is 32.1. The molecule has 0 bridgehead atoms. The first-order chi connectivity index (χ1) is 9.14. The Hall–Kier alpha value is -0.0800. The zero-order valence-electron chi connectivity index (χ0n) is 14.6. The van der Waals surface area contributed by atoms with E-state index < -0.39 is 12.2 Å². The van der Waals surface area contributed by atoms with E-state index in [4.69, 9.17) is 0 Å². The van der Waals surface area contributed by atoms with Crippen LogP contribution in [0.25, 0.3) is 0 Å². The second kappa shape index (κ2) is 6.79. The molecule has 0 saturated heterocycles. The van der Waals surface area contributed by atoms with Gasteiger partial charge in [-0.15, -0.1) is 0 Å². The molecule has 1 saturated carbocycles. The summed E-state index contributed by atoms with van der Waals surface area (Å²) in [5.41, 5.74) is 0.264. The molecular weight excluding hydrogens is 248 g/mol. The maximum Gasteiger partial charge on any atom is 0.0832 e. The molecule has 120 valence electrons. The Balaban J connectivity index is 2.79. The summed E-state index contributed by atoms with van der Waals surface area (Å²) < 4.78 is 0. The smallest absolute Gasteiger partial charge is 0.0832 e. The third-order valence-corrected chi connectivity index (χ3v) is 6.43. The van der Waals surface area contributed by atoms with E-state index in [1.165, 1.54) is 12.8 Å². The van der Waals surface area contributed by atoms with Gasteiger partial charge in [0.05, 0.1) is 12.2 Å². The van der Waals surface area contributed by atoms with Crippen molar-refractivity contribution in [1.29, 1.82) is 0 Å². The molecule has 1 fully saturated rings. The number of hydrogen-bond acceptors (Lipinski definition) is 2. The Bertz CT molecular complexity index is 298. The highest BCUT2D eigenvalue weighted by molar-refractivity contribution is 4.95. The molecule has 6 atom stereocenters. The van der Waals surface area contributed by atoms with Crippen molar-refractivity contribution in [1.82, 2.24) is 0 Å². The Morgan fingerprint density at radius 2 is 1.60 bits per heavy atom. The lowest BCUT2D eigenvalue weighted by Crippen LogP contribution is -2.44. The van der Waals surface area contributed by atoms with Crippen molar-refractivity contribution in [3.63, 3.8) is 0 Å². The molecule has 0 spiro atoms. The van der Waals surface area contributed by atoms with Crippen molar-refractivity contribution in [2.45, 2.75) is 79.9 Å². The summed E-state index contributed by atoms with van der Waals surface area (Å²) in [5.74, 6) is 1.97. The zero-order valence-corrected chi connectivity index (χ0v) is 14.6. The quantitative estimate of drug-likeness (QED) is 0.771. The van der Waals surface area contributed by atoms with Crippen LogP contribution < -0.4 is 0 Å². The van der Waals surface area contributed by atoms with Crippen LogP contribution in [0.5, 0.6) is 0 Å². The van der Waals surface area contributed by atoms with Crippen molar-refractivity contribution < 1.29 is 10.2 Å². The van der Waals surface area contributed by atoms with Crippen LogP contribution in [0.3, 0.4) is 0 Å². The maximum atomic E-state index is 10.7. The monoisotopic (exact) mass is 284 g/mol.